The predicted molar refractivity (Wildman–Crippen MR) is 107 cm³/mol. The summed E-state index contributed by atoms with van der Waals surface area (Å²) in [5, 5.41) is 10.4. The Hall–Kier alpha value is -2.71. The van der Waals surface area contributed by atoms with E-state index in [-0.39, 0.29) is 18.0 Å². The quantitative estimate of drug-likeness (QED) is 0.393. The molecule has 1 atom stereocenters. The highest BCUT2D eigenvalue weighted by Crippen LogP contribution is 2.41. The number of aryl methyl sites for hydroxylation is 1. The summed E-state index contributed by atoms with van der Waals surface area (Å²) in [7, 11) is 0. The number of fused-ring (bicyclic) bond motifs is 1. The number of pyridine rings is 1. The van der Waals surface area contributed by atoms with Gasteiger partial charge < -0.3 is 14.3 Å². The molecule has 8 nitrogen and oxygen atoms in total. The fourth-order valence-electron chi connectivity index (χ4n) is 4.04. The van der Waals surface area contributed by atoms with E-state index in [0.717, 1.165) is 16.7 Å². The zero-order valence-electron chi connectivity index (χ0n) is 16.4. The molecule has 1 unspecified atom stereocenters. The van der Waals surface area contributed by atoms with Gasteiger partial charge in [-0.15, -0.1) is 10.1 Å². The first-order chi connectivity index (χ1) is 14.4. The van der Waals surface area contributed by atoms with Crippen LogP contribution in [-0.2, 0) is 21.0 Å². The molecule has 1 fully saturated rings. The van der Waals surface area contributed by atoms with E-state index >= 15 is 0 Å². The van der Waals surface area contributed by atoms with Crippen LogP contribution in [0, 0.1) is 23.0 Å². The number of hydrogen-bond donors (Lipinski definition) is 0. The van der Waals surface area contributed by atoms with Gasteiger partial charge in [-0.3, -0.25) is 9.78 Å². The lowest BCUT2D eigenvalue weighted by Gasteiger charge is -2.25. The zero-order valence-corrected chi connectivity index (χ0v) is 17.1. The molecule has 0 amide bonds. The number of hydrogen-bond acceptors (Lipinski definition) is 7. The lowest BCUT2D eigenvalue weighted by Crippen LogP contribution is -2.30. The van der Waals surface area contributed by atoms with Crippen molar-refractivity contribution in [2.75, 3.05) is 0 Å². The summed E-state index contributed by atoms with van der Waals surface area (Å²) < 4.78 is 11.7. The van der Waals surface area contributed by atoms with Gasteiger partial charge in [0.25, 0.3) is 5.09 Å². The van der Waals surface area contributed by atoms with Crippen molar-refractivity contribution in [1.29, 1.82) is 0 Å². The minimum atomic E-state index is -0.775. The van der Waals surface area contributed by atoms with E-state index in [1.54, 1.807) is 25.3 Å². The Morgan fingerprint density at radius 2 is 1.93 bits per heavy atom. The van der Waals surface area contributed by atoms with Crippen LogP contribution in [0.3, 0.4) is 0 Å². The van der Waals surface area contributed by atoms with Crippen LogP contribution in [0.5, 0.6) is 5.75 Å². The smallest absolute Gasteiger partial charge is 0.314 e. The van der Waals surface area contributed by atoms with Crippen molar-refractivity contribution in [2.24, 2.45) is 5.92 Å². The highest BCUT2D eigenvalue weighted by molar-refractivity contribution is 6.30. The second-order valence-corrected chi connectivity index (χ2v) is 8.01. The van der Waals surface area contributed by atoms with Crippen LogP contribution >= 0.6 is 11.6 Å². The van der Waals surface area contributed by atoms with Gasteiger partial charge in [0.2, 0.25) is 0 Å². The van der Waals surface area contributed by atoms with Gasteiger partial charge in [-0.2, -0.15) is 0 Å². The van der Waals surface area contributed by atoms with Crippen molar-refractivity contribution in [1.82, 2.24) is 4.98 Å². The SMILES string of the molecule is Cc1ncc2c(c1OC(=O)C1CCC(O[N+](=O)[O-])CC1)COC2c1ccc(Cl)cc1. The fraction of sp³-hybridized carbons (Fsp3) is 0.429. The van der Waals surface area contributed by atoms with Gasteiger partial charge in [0.15, 0.2) is 5.75 Å². The van der Waals surface area contributed by atoms with Crippen molar-refractivity contribution in [3.63, 3.8) is 0 Å². The molecule has 0 spiro atoms. The summed E-state index contributed by atoms with van der Waals surface area (Å²) in [6.07, 6.45) is 2.89. The maximum atomic E-state index is 12.8. The standard InChI is InChI=1S/C21H21ClN2O6/c1-12-19(29-21(25)14-4-8-16(9-5-14)30-24(26)27)18-11-28-20(17(18)10-23-12)13-2-6-15(22)7-3-13/h2-3,6-7,10,14,16,20H,4-5,8-9,11H2,1H3. The molecular weight excluding hydrogens is 412 g/mol. The van der Waals surface area contributed by atoms with E-state index in [0.29, 0.717) is 48.8 Å². The first-order valence-electron chi connectivity index (χ1n) is 9.80. The molecule has 1 aromatic carbocycles. The normalized spacial score (nSPS) is 22.9. The van der Waals surface area contributed by atoms with Gasteiger partial charge in [0, 0.05) is 22.3 Å². The van der Waals surface area contributed by atoms with Gasteiger partial charge in [-0.05, 0) is 50.3 Å². The van der Waals surface area contributed by atoms with E-state index in [1.807, 2.05) is 12.1 Å². The molecule has 1 aliphatic carbocycles. The van der Waals surface area contributed by atoms with Gasteiger partial charge in [-0.25, -0.2) is 0 Å². The highest BCUT2D eigenvalue weighted by Gasteiger charge is 2.33. The lowest BCUT2D eigenvalue weighted by molar-refractivity contribution is -0.769. The number of esters is 1. The van der Waals surface area contributed by atoms with Crippen molar-refractivity contribution < 1.29 is 24.2 Å². The van der Waals surface area contributed by atoms with E-state index in [9.17, 15) is 14.9 Å². The molecule has 158 valence electrons. The maximum Gasteiger partial charge on any atom is 0.314 e. The van der Waals surface area contributed by atoms with Gasteiger partial charge in [0.05, 0.1) is 18.2 Å². The second kappa shape index (κ2) is 8.57. The second-order valence-electron chi connectivity index (χ2n) is 7.57. The molecule has 1 aromatic heterocycles. The summed E-state index contributed by atoms with van der Waals surface area (Å²) in [4.78, 5) is 32.3. The summed E-state index contributed by atoms with van der Waals surface area (Å²) in [5.74, 6) is -0.221. The molecule has 0 N–H and O–H groups in total. The Morgan fingerprint density at radius 3 is 2.60 bits per heavy atom. The summed E-state index contributed by atoms with van der Waals surface area (Å²) in [6, 6.07) is 7.41. The zero-order chi connectivity index (χ0) is 21.3. The molecule has 4 rings (SSSR count). The van der Waals surface area contributed by atoms with Crippen molar-refractivity contribution in [2.45, 2.75) is 51.4 Å². The van der Waals surface area contributed by atoms with Gasteiger partial charge in [-0.1, -0.05) is 23.7 Å². The Bertz CT molecular complexity index is 957. The largest absolute Gasteiger partial charge is 0.424 e. The first-order valence-corrected chi connectivity index (χ1v) is 10.2. The number of carbonyl (C=O) groups excluding carboxylic acids is 1. The van der Waals surface area contributed by atoms with Crippen LogP contribution in [0.2, 0.25) is 5.02 Å². The Balaban J connectivity index is 1.48. The van der Waals surface area contributed by atoms with Gasteiger partial charge in [0.1, 0.15) is 12.2 Å². The fourth-order valence-corrected chi connectivity index (χ4v) is 4.17. The third-order valence-electron chi connectivity index (χ3n) is 5.64. The van der Waals surface area contributed by atoms with Crippen LogP contribution in [0.1, 0.15) is 54.2 Å². The minimum absolute atomic E-state index is 0.294. The van der Waals surface area contributed by atoms with Crippen LogP contribution < -0.4 is 4.74 Å². The van der Waals surface area contributed by atoms with Crippen molar-refractivity contribution >= 4 is 17.6 Å². The lowest BCUT2D eigenvalue weighted by atomic mass is 9.87. The van der Waals surface area contributed by atoms with E-state index < -0.39 is 11.2 Å². The molecule has 0 saturated heterocycles. The third kappa shape index (κ3) is 4.24. The molecule has 0 radical (unpaired) electrons. The maximum absolute atomic E-state index is 12.8. The molecule has 1 saturated carbocycles. The van der Waals surface area contributed by atoms with Crippen LogP contribution in [0.25, 0.3) is 0 Å². The number of rotatable bonds is 5. The van der Waals surface area contributed by atoms with E-state index in [1.165, 1.54) is 0 Å². The third-order valence-corrected chi connectivity index (χ3v) is 5.90. The monoisotopic (exact) mass is 432 g/mol. The molecular formula is C21H21ClN2O6. The number of benzene rings is 1. The first kappa shape index (κ1) is 20.6. The number of halogens is 1. The molecule has 0 bridgehead atoms. The number of carbonyl (C=O) groups is 1. The minimum Gasteiger partial charge on any atom is -0.424 e. The summed E-state index contributed by atoms with van der Waals surface area (Å²) in [6.45, 7) is 2.11. The number of aromatic nitrogens is 1. The Kier molecular flexibility index (Phi) is 5.87. The van der Waals surface area contributed by atoms with E-state index in [2.05, 4.69) is 9.82 Å². The highest BCUT2D eigenvalue weighted by atomic mass is 35.5. The Labute approximate surface area is 178 Å². The summed E-state index contributed by atoms with van der Waals surface area (Å²) in [5.41, 5.74) is 3.26. The van der Waals surface area contributed by atoms with Crippen LogP contribution in [0.4, 0.5) is 0 Å². The molecule has 2 aromatic rings. The average molecular weight is 433 g/mol. The molecule has 1 aliphatic heterocycles. The molecule has 30 heavy (non-hydrogen) atoms. The predicted octanol–water partition coefficient (Wildman–Crippen LogP) is 4.34. The van der Waals surface area contributed by atoms with Gasteiger partial charge >= 0.3 is 5.97 Å². The number of nitrogens with zero attached hydrogens (tertiary/aromatic N) is 2. The van der Waals surface area contributed by atoms with E-state index in [4.69, 9.17) is 21.1 Å². The van der Waals surface area contributed by atoms with Crippen molar-refractivity contribution in [3.8, 4) is 5.75 Å². The van der Waals surface area contributed by atoms with Crippen LogP contribution in [0.15, 0.2) is 30.5 Å². The Morgan fingerprint density at radius 1 is 1.23 bits per heavy atom. The topological polar surface area (TPSA) is 101 Å². The summed E-state index contributed by atoms with van der Waals surface area (Å²) >= 11 is 5.98. The molecule has 9 heteroatoms. The van der Waals surface area contributed by atoms with Crippen molar-refractivity contribution in [3.05, 3.63) is 68.0 Å². The van der Waals surface area contributed by atoms with Crippen LogP contribution in [-0.4, -0.2) is 22.1 Å². The molecule has 2 aliphatic rings. The molecule has 2 heterocycles. The number of ether oxygens (including phenoxy) is 2. The average Bonchev–Trinajstić information content (AvgIpc) is 3.15.